The fourth-order valence-corrected chi connectivity index (χ4v) is 2.45. The fourth-order valence-electron chi connectivity index (χ4n) is 1.65. The second-order valence-electron chi connectivity index (χ2n) is 4.37. The number of ether oxygens (including phenoxy) is 1. The van der Waals surface area contributed by atoms with Crippen LogP contribution in [0.4, 0.5) is 8.78 Å². The van der Waals surface area contributed by atoms with Gasteiger partial charge in [-0.15, -0.1) is 0 Å². The molecule has 0 aliphatic carbocycles. The van der Waals surface area contributed by atoms with E-state index in [0.29, 0.717) is 11.1 Å². The van der Waals surface area contributed by atoms with Crippen LogP contribution in [0.25, 0.3) is 0 Å². The number of benzene rings is 1. The van der Waals surface area contributed by atoms with Gasteiger partial charge in [0, 0.05) is 22.0 Å². The molecule has 1 aromatic carbocycles. The van der Waals surface area contributed by atoms with E-state index in [4.69, 9.17) is 4.74 Å². The quantitative estimate of drug-likeness (QED) is 0.392. The van der Waals surface area contributed by atoms with Gasteiger partial charge in [-0.2, -0.15) is 8.78 Å². The van der Waals surface area contributed by atoms with Gasteiger partial charge >= 0.3 is 0 Å². The molecule has 0 saturated heterocycles. The number of hydrogen-bond donors (Lipinski definition) is 0. The highest BCUT2D eigenvalue weighted by Crippen LogP contribution is 2.30. The highest BCUT2D eigenvalue weighted by atomic mass is 79.9. The third kappa shape index (κ3) is 6.82. The van der Waals surface area contributed by atoms with Crippen LogP contribution >= 0.6 is 31.9 Å². The first-order valence-corrected chi connectivity index (χ1v) is 8.25. The molecule has 0 aliphatic heterocycles. The third-order valence-corrected chi connectivity index (χ3v) is 3.76. The molecule has 0 N–H and O–H groups in total. The lowest BCUT2D eigenvalue weighted by Crippen LogP contribution is -2.21. The Balaban J connectivity index is 2.27. The zero-order chi connectivity index (χ0) is 14.1. The van der Waals surface area contributed by atoms with Crippen LogP contribution in [-0.4, -0.2) is 18.5 Å². The highest BCUT2D eigenvalue weighted by molar-refractivity contribution is 9.10. The number of hydrogen-bond acceptors (Lipinski definition) is 1. The summed E-state index contributed by atoms with van der Waals surface area (Å²) >= 11 is 6.55. The average Bonchev–Trinajstić information content (AvgIpc) is 2.38. The van der Waals surface area contributed by atoms with Gasteiger partial charge in [0.2, 0.25) is 0 Å². The maximum Gasteiger partial charge on any atom is 0.296 e. The van der Waals surface area contributed by atoms with E-state index in [-0.39, 0.29) is 5.56 Å². The van der Waals surface area contributed by atoms with Crippen LogP contribution in [0.3, 0.4) is 0 Å². The molecule has 0 amide bonds. The third-order valence-electron chi connectivity index (χ3n) is 2.70. The monoisotopic (exact) mass is 398 g/mol. The van der Waals surface area contributed by atoms with E-state index in [1.54, 1.807) is 12.1 Å². The summed E-state index contributed by atoms with van der Waals surface area (Å²) in [6, 6.07) is 6.18. The predicted octanol–water partition coefficient (Wildman–Crippen LogP) is 5.51. The van der Waals surface area contributed by atoms with Crippen LogP contribution in [0.5, 0.6) is 0 Å². The summed E-state index contributed by atoms with van der Waals surface area (Å²) in [5, 5.41) is 0.995. The maximum atomic E-state index is 13.8. The van der Waals surface area contributed by atoms with Crippen molar-refractivity contribution in [3.05, 3.63) is 34.3 Å². The first-order chi connectivity index (χ1) is 9.06. The molecule has 0 aliphatic rings. The second-order valence-corrected chi connectivity index (χ2v) is 6.08. The van der Waals surface area contributed by atoms with Crippen molar-refractivity contribution in [1.29, 1.82) is 0 Å². The predicted molar refractivity (Wildman–Crippen MR) is 81.1 cm³/mol. The fraction of sp³-hybridized carbons (Fsp3) is 0.571. The van der Waals surface area contributed by atoms with Gasteiger partial charge in [-0.3, -0.25) is 0 Å². The molecule has 0 radical (unpaired) electrons. The van der Waals surface area contributed by atoms with Gasteiger partial charge in [-0.25, -0.2) is 0 Å². The van der Waals surface area contributed by atoms with Crippen molar-refractivity contribution in [3.8, 4) is 0 Å². The summed E-state index contributed by atoms with van der Waals surface area (Å²) < 4.78 is 33.4. The van der Waals surface area contributed by atoms with Crippen molar-refractivity contribution in [1.82, 2.24) is 0 Å². The lowest BCUT2D eigenvalue weighted by atomic mass is 10.1. The summed E-state index contributed by atoms with van der Waals surface area (Å²) in [5.74, 6) is -2.93. The molecule has 0 saturated carbocycles. The SMILES string of the molecule is FC(F)(COCCCCCCBr)c1cccc(Br)c1. The molecular formula is C14H18Br2F2O. The van der Waals surface area contributed by atoms with Gasteiger partial charge in [0.25, 0.3) is 5.92 Å². The van der Waals surface area contributed by atoms with Crippen LogP contribution in [0, 0.1) is 0 Å². The molecule has 1 aromatic rings. The first kappa shape index (κ1) is 17.1. The van der Waals surface area contributed by atoms with E-state index >= 15 is 0 Å². The Morgan fingerprint density at radius 3 is 2.53 bits per heavy atom. The standard InChI is InChI=1S/C14H18Br2F2O/c15-8-3-1-2-4-9-19-11-14(17,18)12-6-5-7-13(16)10-12/h5-7,10H,1-4,8-9,11H2. The van der Waals surface area contributed by atoms with E-state index < -0.39 is 12.5 Å². The molecular weight excluding hydrogens is 382 g/mol. The van der Waals surface area contributed by atoms with E-state index in [1.165, 1.54) is 12.1 Å². The highest BCUT2D eigenvalue weighted by Gasteiger charge is 2.31. The summed E-state index contributed by atoms with van der Waals surface area (Å²) in [6.45, 7) is -0.159. The van der Waals surface area contributed by atoms with Crippen LogP contribution in [-0.2, 0) is 10.7 Å². The molecule has 0 heterocycles. The summed E-state index contributed by atoms with van der Waals surface area (Å²) in [5.41, 5.74) is -0.0128. The zero-order valence-corrected chi connectivity index (χ0v) is 13.9. The Labute approximate surface area is 130 Å². The smallest absolute Gasteiger partial charge is 0.296 e. The van der Waals surface area contributed by atoms with E-state index in [0.717, 1.165) is 31.0 Å². The minimum Gasteiger partial charge on any atom is -0.375 e. The zero-order valence-electron chi connectivity index (χ0n) is 10.7. The van der Waals surface area contributed by atoms with Crippen molar-refractivity contribution < 1.29 is 13.5 Å². The molecule has 108 valence electrons. The van der Waals surface area contributed by atoms with Crippen LogP contribution < -0.4 is 0 Å². The van der Waals surface area contributed by atoms with Crippen molar-refractivity contribution in [3.63, 3.8) is 0 Å². The van der Waals surface area contributed by atoms with Crippen molar-refractivity contribution in [2.75, 3.05) is 18.5 Å². The van der Waals surface area contributed by atoms with Crippen LogP contribution in [0.15, 0.2) is 28.7 Å². The van der Waals surface area contributed by atoms with Gasteiger partial charge in [0.05, 0.1) is 0 Å². The topological polar surface area (TPSA) is 9.23 Å². The van der Waals surface area contributed by atoms with Crippen LogP contribution in [0.2, 0.25) is 0 Å². The Morgan fingerprint density at radius 2 is 1.84 bits per heavy atom. The minimum absolute atomic E-state index is 0.0128. The van der Waals surface area contributed by atoms with Gasteiger partial charge in [0.1, 0.15) is 6.61 Å². The Morgan fingerprint density at radius 1 is 1.11 bits per heavy atom. The maximum absolute atomic E-state index is 13.8. The van der Waals surface area contributed by atoms with E-state index in [9.17, 15) is 8.78 Å². The van der Waals surface area contributed by atoms with Crippen molar-refractivity contribution in [2.45, 2.75) is 31.6 Å². The number of alkyl halides is 3. The molecule has 1 nitrogen and oxygen atoms in total. The minimum atomic E-state index is -2.93. The molecule has 5 heteroatoms. The Hall–Kier alpha value is -0.000000000000000111. The van der Waals surface area contributed by atoms with Gasteiger partial charge in [-0.1, -0.05) is 56.8 Å². The molecule has 0 bridgehead atoms. The van der Waals surface area contributed by atoms with Gasteiger partial charge < -0.3 is 4.74 Å². The lowest BCUT2D eigenvalue weighted by molar-refractivity contribution is -0.0831. The Kier molecular flexibility index (Phi) is 8.11. The summed E-state index contributed by atoms with van der Waals surface area (Å²) in [6.07, 6.45) is 4.08. The Bertz CT molecular complexity index is 372. The number of halogens is 4. The molecule has 0 aromatic heterocycles. The molecule has 0 spiro atoms. The molecule has 0 atom stereocenters. The summed E-state index contributed by atoms with van der Waals surface area (Å²) in [7, 11) is 0. The number of unbranched alkanes of at least 4 members (excludes halogenated alkanes) is 3. The molecule has 0 unspecified atom stereocenters. The number of rotatable bonds is 9. The van der Waals surface area contributed by atoms with Gasteiger partial charge in [-0.05, 0) is 25.0 Å². The van der Waals surface area contributed by atoms with Crippen molar-refractivity contribution in [2.24, 2.45) is 0 Å². The van der Waals surface area contributed by atoms with Crippen LogP contribution in [0.1, 0.15) is 31.2 Å². The molecule has 19 heavy (non-hydrogen) atoms. The average molecular weight is 400 g/mol. The van der Waals surface area contributed by atoms with Gasteiger partial charge in [0.15, 0.2) is 0 Å². The largest absolute Gasteiger partial charge is 0.375 e. The normalized spacial score (nSPS) is 11.8. The van der Waals surface area contributed by atoms with E-state index in [2.05, 4.69) is 31.9 Å². The first-order valence-electron chi connectivity index (χ1n) is 6.34. The molecule has 0 fully saturated rings. The summed E-state index contributed by atoms with van der Waals surface area (Å²) in [4.78, 5) is 0. The second kappa shape index (κ2) is 9.03. The van der Waals surface area contributed by atoms with Crippen molar-refractivity contribution >= 4 is 31.9 Å². The lowest BCUT2D eigenvalue weighted by Gasteiger charge is -2.17. The molecule has 1 rings (SSSR count). The van der Waals surface area contributed by atoms with E-state index in [1.807, 2.05) is 0 Å².